The largest absolute Gasteiger partial charge is 0.394 e. The zero-order valence-electron chi connectivity index (χ0n) is 11.6. The van der Waals surface area contributed by atoms with Gasteiger partial charge in [-0.05, 0) is 28.1 Å². The summed E-state index contributed by atoms with van der Waals surface area (Å²) in [6.45, 7) is -0.646. The summed E-state index contributed by atoms with van der Waals surface area (Å²) in [6, 6.07) is 3.42. The maximum Gasteiger partial charge on any atom is 0.224 e. The van der Waals surface area contributed by atoms with Crippen LogP contribution < -0.4 is 0 Å². The Morgan fingerprint density at radius 1 is 1.26 bits per heavy atom. The third kappa shape index (κ3) is 2.50. The molecule has 3 rings (SSSR count). The van der Waals surface area contributed by atoms with Crippen LogP contribution in [-0.2, 0) is 10.5 Å². The van der Waals surface area contributed by atoms with E-state index in [1.54, 1.807) is 12.1 Å². The zero-order chi connectivity index (χ0) is 16.9. The highest BCUT2D eigenvalue weighted by Gasteiger charge is 2.54. The zero-order valence-corrected chi connectivity index (χ0v) is 14.0. The number of nitrogens with one attached hydrogen (secondary N) is 1. The van der Waals surface area contributed by atoms with Gasteiger partial charge in [0, 0.05) is 27.1 Å². The second kappa shape index (κ2) is 5.98. The molecule has 0 bridgehead atoms. The highest BCUT2D eigenvalue weighted by atomic mass is 79.9. The topological polar surface area (TPSA) is 126 Å². The van der Waals surface area contributed by atoms with Crippen LogP contribution >= 0.6 is 27.5 Å². The number of benzene rings is 1. The van der Waals surface area contributed by atoms with Gasteiger partial charge in [-0.3, -0.25) is 0 Å². The van der Waals surface area contributed by atoms with Crippen LogP contribution in [0.4, 0.5) is 0 Å². The van der Waals surface area contributed by atoms with Crippen molar-refractivity contribution in [3.63, 3.8) is 0 Å². The van der Waals surface area contributed by atoms with Crippen LogP contribution in [0.5, 0.6) is 0 Å². The molecule has 6 N–H and O–H groups in total. The summed E-state index contributed by atoms with van der Waals surface area (Å²) in [6.07, 6.45) is -4.96. The van der Waals surface area contributed by atoms with Gasteiger partial charge in [-0.2, -0.15) is 0 Å². The molecule has 2 aromatic rings. The van der Waals surface area contributed by atoms with Crippen LogP contribution in [0, 0.1) is 0 Å². The Labute approximate surface area is 144 Å². The summed E-state index contributed by atoms with van der Waals surface area (Å²) < 4.78 is 5.89. The van der Waals surface area contributed by atoms with Crippen molar-refractivity contribution in [3.05, 3.63) is 33.4 Å². The number of aromatic amines is 1. The molecule has 126 valence electrons. The van der Waals surface area contributed by atoms with E-state index in [1.165, 1.54) is 6.20 Å². The molecule has 0 aliphatic carbocycles. The van der Waals surface area contributed by atoms with E-state index in [0.717, 1.165) is 0 Å². The molecule has 2 heterocycles. The average Bonchev–Trinajstić information content (AvgIpc) is 2.98. The van der Waals surface area contributed by atoms with Crippen molar-refractivity contribution < 1.29 is 30.3 Å². The molecule has 9 heteroatoms. The molecule has 1 aliphatic heterocycles. The van der Waals surface area contributed by atoms with Crippen LogP contribution in [-0.4, -0.2) is 61.5 Å². The number of fused-ring (bicyclic) bond motifs is 1. The molecule has 5 atom stereocenters. The standard InChI is InChI=1S/C14H15BrClNO6/c15-6-1-2-7-9(10(6)16)5(3-17-7)14(22)13(21)12(20)11(19)8(4-18)23-14/h1-3,8,11-13,17-22H,4H2/t8-,11+,12+,13-,14+/m1/s1. The van der Waals surface area contributed by atoms with E-state index < -0.39 is 36.8 Å². The van der Waals surface area contributed by atoms with Gasteiger partial charge >= 0.3 is 0 Å². The summed E-state index contributed by atoms with van der Waals surface area (Å²) in [7, 11) is 0. The number of aromatic nitrogens is 1. The lowest BCUT2D eigenvalue weighted by molar-refractivity contribution is -0.357. The molecule has 0 saturated carbocycles. The normalized spacial score (nSPS) is 34.9. The minimum absolute atomic E-state index is 0.0932. The van der Waals surface area contributed by atoms with Crippen LogP contribution in [0.15, 0.2) is 22.8 Å². The van der Waals surface area contributed by atoms with Crippen molar-refractivity contribution in [3.8, 4) is 0 Å². The van der Waals surface area contributed by atoms with Crippen molar-refractivity contribution >= 4 is 38.4 Å². The molecule has 23 heavy (non-hydrogen) atoms. The maximum atomic E-state index is 10.9. The van der Waals surface area contributed by atoms with Crippen LogP contribution in [0.1, 0.15) is 5.56 Å². The molecule has 1 aliphatic rings. The van der Waals surface area contributed by atoms with E-state index in [-0.39, 0.29) is 10.6 Å². The smallest absolute Gasteiger partial charge is 0.224 e. The quantitative estimate of drug-likeness (QED) is 0.422. The Hall–Kier alpha value is -0.710. The highest BCUT2D eigenvalue weighted by molar-refractivity contribution is 9.10. The predicted octanol–water partition coefficient (Wildman–Crippen LogP) is 0.203. The Bertz CT molecular complexity index is 737. The van der Waals surface area contributed by atoms with Gasteiger partial charge in [0.25, 0.3) is 0 Å². The minimum atomic E-state index is -2.35. The van der Waals surface area contributed by atoms with E-state index in [1.807, 2.05) is 0 Å². The number of aliphatic hydroxyl groups excluding tert-OH is 4. The number of aliphatic hydroxyl groups is 5. The average molecular weight is 409 g/mol. The van der Waals surface area contributed by atoms with E-state index >= 15 is 0 Å². The fraction of sp³-hybridized carbons (Fsp3) is 0.429. The van der Waals surface area contributed by atoms with Gasteiger partial charge in [-0.1, -0.05) is 11.6 Å². The first kappa shape index (κ1) is 17.1. The first-order valence-corrected chi connectivity index (χ1v) is 7.99. The minimum Gasteiger partial charge on any atom is -0.394 e. The highest BCUT2D eigenvalue weighted by Crippen LogP contribution is 2.43. The van der Waals surface area contributed by atoms with Crippen LogP contribution in [0.3, 0.4) is 0 Å². The van der Waals surface area contributed by atoms with Crippen molar-refractivity contribution in [2.24, 2.45) is 0 Å². The van der Waals surface area contributed by atoms with Gasteiger partial charge in [0.15, 0.2) is 0 Å². The van der Waals surface area contributed by atoms with Crippen molar-refractivity contribution in [1.29, 1.82) is 0 Å². The molecule has 7 nitrogen and oxygen atoms in total. The summed E-state index contributed by atoms with van der Waals surface area (Å²) in [4.78, 5) is 2.90. The fourth-order valence-corrected chi connectivity index (χ4v) is 3.41. The number of H-pyrrole nitrogens is 1. The predicted molar refractivity (Wildman–Crippen MR) is 84.9 cm³/mol. The van der Waals surface area contributed by atoms with Crippen molar-refractivity contribution in [2.75, 3.05) is 6.61 Å². The number of rotatable bonds is 2. The molecule has 1 aromatic heterocycles. The van der Waals surface area contributed by atoms with Gasteiger partial charge in [-0.15, -0.1) is 0 Å². The third-order valence-electron chi connectivity index (χ3n) is 4.09. The Balaban J connectivity index is 2.18. The summed E-state index contributed by atoms with van der Waals surface area (Å²) in [5, 5.41) is 50.8. The lowest BCUT2D eigenvalue weighted by atomic mass is 9.88. The van der Waals surface area contributed by atoms with Crippen LogP contribution in [0.25, 0.3) is 10.9 Å². The van der Waals surface area contributed by atoms with E-state index in [4.69, 9.17) is 16.3 Å². The Morgan fingerprint density at radius 3 is 2.61 bits per heavy atom. The van der Waals surface area contributed by atoms with Gasteiger partial charge in [0.1, 0.15) is 24.4 Å². The number of hydrogen-bond acceptors (Lipinski definition) is 6. The second-order valence-electron chi connectivity index (χ2n) is 5.45. The lowest BCUT2D eigenvalue weighted by Gasteiger charge is -2.45. The number of ether oxygens (including phenoxy) is 1. The van der Waals surface area contributed by atoms with Gasteiger partial charge in [-0.25, -0.2) is 0 Å². The van der Waals surface area contributed by atoms with E-state index in [2.05, 4.69) is 20.9 Å². The van der Waals surface area contributed by atoms with Gasteiger partial charge < -0.3 is 35.3 Å². The Kier molecular flexibility index (Phi) is 4.45. The van der Waals surface area contributed by atoms with E-state index in [0.29, 0.717) is 15.4 Å². The van der Waals surface area contributed by atoms with Gasteiger partial charge in [0.2, 0.25) is 5.79 Å². The molecule has 1 fully saturated rings. The molecule has 0 unspecified atom stereocenters. The first-order chi connectivity index (χ1) is 10.8. The van der Waals surface area contributed by atoms with Gasteiger partial charge in [0.05, 0.1) is 11.6 Å². The molecular weight excluding hydrogens is 394 g/mol. The summed E-state index contributed by atoms with van der Waals surface area (Å²) >= 11 is 9.54. The first-order valence-electron chi connectivity index (χ1n) is 6.82. The lowest BCUT2D eigenvalue weighted by Crippen LogP contribution is -2.63. The van der Waals surface area contributed by atoms with Crippen molar-refractivity contribution in [1.82, 2.24) is 4.98 Å². The van der Waals surface area contributed by atoms with E-state index in [9.17, 15) is 25.5 Å². The summed E-state index contributed by atoms with van der Waals surface area (Å²) in [5.74, 6) is -2.35. The third-order valence-corrected chi connectivity index (χ3v) is 5.37. The number of hydrogen-bond donors (Lipinski definition) is 6. The summed E-state index contributed by atoms with van der Waals surface area (Å²) in [5.41, 5.74) is 0.675. The number of halogens is 2. The fourth-order valence-electron chi connectivity index (χ4n) is 2.82. The molecular formula is C14H15BrClNO6. The monoisotopic (exact) mass is 407 g/mol. The van der Waals surface area contributed by atoms with Crippen molar-refractivity contribution in [2.45, 2.75) is 30.2 Å². The molecule has 1 aromatic carbocycles. The molecule has 0 amide bonds. The maximum absolute atomic E-state index is 10.9. The molecule has 0 radical (unpaired) electrons. The SMILES string of the molecule is OC[C@H]1O[C@@](O)(c2c[nH]c3ccc(Br)c(Cl)c23)[C@H](O)[C@@H](O)[C@H]1O. The second-order valence-corrected chi connectivity index (χ2v) is 6.68. The molecule has 0 spiro atoms. The molecule has 1 saturated heterocycles. The Morgan fingerprint density at radius 2 is 1.96 bits per heavy atom. The van der Waals surface area contributed by atoms with Crippen LogP contribution in [0.2, 0.25) is 5.02 Å².